The molecule has 0 radical (unpaired) electrons. The summed E-state index contributed by atoms with van der Waals surface area (Å²) in [4.78, 5) is 11.9. The molecule has 1 N–H and O–H groups in total. The van der Waals surface area contributed by atoms with Gasteiger partial charge in [0.2, 0.25) is 10.9 Å². The Hall–Kier alpha value is -2.48. The van der Waals surface area contributed by atoms with E-state index in [1.165, 1.54) is 18.3 Å². The van der Waals surface area contributed by atoms with Gasteiger partial charge in [-0.05, 0) is 18.2 Å². The highest BCUT2D eigenvalue weighted by Crippen LogP contribution is 2.32. The molecule has 7 nitrogen and oxygen atoms in total. The normalized spacial score (nSPS) is 10.7. The zero-order valence-electron chi connectivity index (χ0n) is 10.8. The van der Waals surface area contributed by atoms with E-state index in [9.17, 15) is 4.79 Å². The van der Waals surface area contributed by atoms with Crippen molar-refractivity contribution in [3.8, 4) is 16.3 Å². The monoisotopic (exact) mass is 289 g/mol. The molecular weight excluding hydrogens is 278 g/mol. The number of hydrogen-bond donors (Lipinski definition) is 1. The number of anilines is 1. The molecule has 0 saturated carbocycles. The summed E-state index contributed by atoms with van der Waals surface area (Å²) in [7, 11) is 1.56. The fraction of sp³-hybridized carbons (Fsp3) is 0.167. The van der Waals surface area contributed by atoms with Crippen molar-refractivity contribution < 1.29 is 9.53 Å². The number of methoxy groups -OCH3 is 1. The second-order valence-corrected chi connectivity index (χ2v) is 5.02. The highest BCUT2D eigenvalue weighted by molar-refractivity contribution is 7.19. The summed E-state index contributed by atoms with van der Waals surface area (Å²) >= 11 is 1.42. The Morgan fingerprint density at radius 1 is 1.45 bits per heavy atom. The van der Waals surface area contributed by atoms with E-state index in [2.05, 4.69) is 20.6 Å². The smallest absolute Gasteiger partial charge is 0.234 e. The van der Waals surface area contributed by atoms with E-state index in [0.717, 1.165) is 15.5 Å². The van der Waals surface area contributed by atoms with E-state index in [-0.39, 0.29) is 5.91 Å². The lowest BCUT2D eigenvalue weighted by molar-refractivity contribution is -0.114. The first-order valence-electron chi connectivity index (χ1n) is 5.80. The quantitative estimate of drug-likeness (QED) is 0.795. The van der Waals surface area contributed by atoms with Gasteiger partial charge < -0.3 is 10.1 Å². The molecule has 0 spiro atoms. The minimum Gasteiger partial charge on any atom is -0.495 e. The Balaban J connectivity index is 2.05. The van der Waals surface area contributed by atoms with Gasteiger partial charge in [0.05, 0.1) is 12.8 Å². The number of benzene rings is 1. The van der Waals surface area contributed by atoms with Gasteiger partial charge in [-0.1, -0.05) is 11.3 Å². The third kappa shape index (κ3) is 2.21. The van der Waals surface area contributed by atoms with Crippen LogP contribution in [0.1, 0.15) is 6.92 Å². The molecule has 0 unspecified atom stereocenters. The fourth-order valence-corrected chi connectivity index (χ4v) is 2.62. The van der Waals surface area contributed by atoms with Crippen LogP contribution in [0.4, 0.5) is 5.69 Å². The Bertz CT molecular complexity index is 751. The van der Waals surface area contributed by atoms with Gasteiger partial charge >= 0.3 is 0 Å². The van der Waals surface area contributed by atoms with Gasteiger partial charge in [0.1, 0.15) is 17.1 Å². The number of nitrogens with zero attached hydrogens (tertiary/aromatic N) is 4. The topological polar surface area (TPSA) is 81.4 Å². The van der Waals surface area contributed by atoms with E-state index < -0.39 is 0 Å². The highest BCUT2D eigenvalue weighted by Gasteiger charge is 2.11. The van der Waals surface area contributed by atoms with Crippen LogP contribution in [0.25, 0.3) is 15.5 Å². The van der Waals surface area contributed by atoms with Crippen molar-refractivity contribution in [1.82, 2.24) is 19.8 Å². The first-order chi connectivity index (χ1) is 9.67. The van der Waals surface area contributed by atoms with Gasteiger partial charge in [-0.15, -0.1) is 10.2 Å². The molecule has 3 rings (SSSR count). The zero-order chi connectivity index (χ0) is 14.1. The van der Waals surface area contributed by atoms with E-state index in [1.54, 1.807) is 24.0 Å². The maximum absolute atomic E-state index is 11.2. The summed E-state index contributed by atoms with van der Waals surface area (Å²) < 4.78 is 6.84. The largest absolute Gasteiger partial charge is 0.495 e. The average molecular weight is 289 g/mol. The zero-order valence-corrected chi connectivity index (χ0v) is 11.6. The van der Waals surface area contributed by atoms with Crippen LogP contribution in [-0.4, -0.2) is 32.8 Å². The van der Waals surface area contributed by atoms with Crippen molar-refractivity contribution in [3.05, 3.63) is 24.5 Å². The van der Waals surface area contributed by atoms with Crippen LogP contribution in [0.2, 0.25) is 0 Å². The molecule has 102 valence electrons. The second kappa shape index (κ2) is 4.89. The van der Waals surface area contributed by atoms with E-state index in [0.29, 0.717) is 11.4 Å². The van der Waals surface area contributed by atoms with Gasteiger partial charge in [0, 0.05) is 12.5 Å². The number of carbonyl (C=O) groups excluding carboxylic acids is 1. The molecule has 8 heteroatoms. The number of hydrogen-bond acceptors (Lipinski definition) is 6. The third-order valence-corrected chi connectivity index (χ3v) is 3.61. The lowest BCUT2D eigenvalue weighted by Gasteiger charge is -2.09. The maximum atomic E-state index is 11.2. The van der Waals surface area contributed by atoms with Crippen LogP contribution in [0, 0.1) is 0 Å². The summed E-state index contributed by atoms with van der Waals surface area (Å²) in [5.41, 5.74) is 1.49. The van der Waals surface area contributed by atoms with Crippen LogP contribution in [0.3, 0.4) is 0 Å². The lowest BCUT2D eigenvalue weighted by Crippen LogP contribution is -2.07. The molecule has 0 atom stereocenters. The molecular formula is C12H11N5O2S. The first kappa shape index (κ1) is 12.5. The molecule has 20 heavy (non-hydrogen) atoms. The van der Waals surface area contributed by atoms with E-state index >= 15 is 0 Å². The van der Waals surface area contributed by atoms with Crippen LogP contribution in [0.15, 0.2) is 24.5 Å². The molecule has 0 aliphatic heterocycles. The number of ether oxygens (including phenoxy) is 1. The van der Waals surface area contributed by atoms with Crippen molar-refractivity contribution in [2.75, 3.05) is 12.4 Å². The Morgan fingerprint density at radius 3 is 3.00 bits per heavy atom. The van der Waals surface area contributed by atoms with Crippen molar-refractivity contribution in [2.24, 2.45) is 0 Å². The van der Waals surface area contributed by atoms with Gasteiger partial charge in [-0.2, -0.15) is 9.61 Å². The highest BCUT2D eigenvalue weighted by atomic mass is 32.1. The number of fused-ring (bicyclic) bond motifs is 1. The molecule has 0 bridgehead atoms. The lowest BCUT2D eigenvalue weighted by atomic mass is 10.2. The molecule has 0 aliphatic rings. The molecule has 1 amide bonds. The van der Waals surface area contributed by atoms with Crippen LogP contribution < -0.4 is 10.1 Å². The van der Waals surface area contributed by atoms with E-state index in [4.69, 9.17) is 4.74 Å². The number of carbonyl (C=O) groups is 1. The van der Waals surface area contributed by atoms with Gasteiger partial charge in [0.25, 0.3) is 0 Å². The van der Waals surface area contributed by atoms with Gasteiger partial charge in [0.15, 0.2) is 0 Å². The molecule has 0 saturated heterocycles. The van der Waals surface area contributed by atoms with Gasteiger partial charge in [-0.3, -0.25) is 4.79 Å². The number of amides is 1. The summed E-state index contributed by atoms with van der Waals surface area (Å²) in [6.45, 7) is 1.45. The third-order valence-electron chi connectivity index (χ3n) is 2.64. The maximum Gasteiger partial charge on any atom is 0.234 e. The minimum atomic E-state index is -0.154. The van der Waals surface area contributed by atoms with Crippen LogP contribution in [0.5, 0.6) is 5.75 Å². The number of rotatable bonds is 3. The summed E-state index contributed by atoms with van der Waals surface area (Å²) in [6, 6.07) is 5.50. The van der Waals surface area contributed by atoms with Crippen molar-refractivity contribution in [2.45, 2.75) is 6.92 Å². The number of nitrogens with one attached hydrogen (secondary N) is 1. The molecule has 2 heterocycles. The van der Waals surface area contributed by atoms with Crippen LogP contribution in [-0.2, 0) is 4.79 Å². The molecule has 0 aliphatic carbocycles. The molecule has 3 aromatic rings. The summed E-state index contributed by atoms with van der Waals surface area (Å²) in [5.74, 6) is 0.450. The van der Waals surface area contributed by atoms with Crippen molar-refractivity contribution >= 4 is 27.9 Å². The SMILES string of the molecule is COc1ccc(-c2nn3cnnc3s2)cc1NC(C)=O. The van der Waals surface area contributed by atoms with Gasteiger partial charge in [-0.25, -0.2) is 0 Å². The predicted molar refractivity (Wildman–Crippen MR) is 75.0 cm³/mol. The molecule has 2 aromatic heterocycles. The molecule has 1 aromatic carbocycles. The first-order valence-corrected chi connectivity index (χ1v) is 6.62. The summed E-state index contributed by atoms with van der Waals surface area (Å²) in [5, 5.41) is 15.6. The fourth-order valence-electron chi connectivity index (χ4n) is 1.80. The standard InChI is InChI=1S/C12H11N5O2S/c1-7(18)14-9-5-8(3-4-10(9)19-2)11-16-17-6-13-15-12(17)20-11/h3-6H,1-2H3,(H,14,18). The summed E-state index contributed by atoms with van der Waals surface area (Å²) in [6.07, 6.45) is 1.55. The Labute approximate surface area is 118 Å². The average Bonchev–Trinajstić information content (AvgIpc) is 2.98. The van der Waals surface area contributed by atoms with Crippen molar-refractivity contribution in [3.63, 3.8) is 0 Å². The Morgan fingerprint density at radius 2 is 2.30 bits per heavy atom. The minimum absolute atomic E-state index is 0.154. The Kier molecular flexibility index (Phi) is 3.07. The molecule has 0 fully saturated rings. The van der Waals surface area contributed by atoms with Crippen molar-refractivity contribution in [1.29, 1.82) is 0 Å². The predicted octanol–water partition coefficient (Wildman–Crippen LogP) is 1.82. The second-order valence-electron chi connectivity index (χ2n) is 4.06. The number of aromatic nitrogens is 4. The van der Waals surface area contributed by atoms with Crippen LogP contribution >= 0.6 is 11.3 Å². The van der Waals surface area contributed by atoms with E-state index in [1.807, 2.05) is 12.1 Å².